The molecule has 5 rings (SSSR count). The number of halogens is 2. The van der Waals surface area contributed by atoms with E-state index < -0.39 is 32.2 Å². The average Bonchev–Trinajstić information content (AvgIpc) is 3.25. The smallest absolute Gasteiger partial charge is 0.103 e. The van der Waals surface area contributed by atoms with Crippen molar-refractivity contribution in [1.29, 1.82) is 0 Å². The third kappa shape index (κ3) is 10.6. The van der Waals surface area contributed by atoms with Crippen molar-refractivity contribution in [1.82, 2.24) is 0 Å². The fraction of sp³-hybridized carbons (Fsp3) is 0.167. The van der Waals surface area contributed by atoms with Crippen LogP contribution in [0.3, 0.4) is 0 Å². The van der Waals surface area contributed by atoms with Gasteiger partial charge in [0.2, 0.25) is 0 Å². The van der Waals surface area contributed by atoms with Crippen molar-refractivity contribution in [3.63, 3.8) is 0 Å². The Morgan fingerprint density at radius 1 is 0.806 bits per heavy atom. The van der Waals surface area contributed by atoms with E-state index in [1.54, 1.807) is 20.8 Å². The normalized spacial score (nSPS) is 10.5. The number of hydrogen-bond donors (Lipinski definition) is 0. The van der Waals surface area contributed by atoms with E-state index in [0.29, 0.717) is 0 Å². The molecule has 1 aliphatic rings. The van der Waals surface area contributed by atoms with E-state index in [-0.39, 0.29) is 9.52 Å². The maximum Gasteiger partial charge on any atom is 0.103 e. The minimum atomic E-state index is -0.826. The van der Waals surface area contributed by atoms with Gasteiger partial charge in [-0.2, -0.15) is 29.8 Å². The molecule has 36 heavy (non-hydrogen) atoms. The van der Waals surface area contributed by atoms with Gasteiger partial charge >= 0.3 is 37.9 Å². The summed E-state index contributed by atoms with van der Waals surface area (Å²) in [6, 6.07) is 39.4. The van der Waals surface area contributed by atoms with Crippen molar-refractivity contribution in [2.75, 3.05) is 0 Å². The monoisotopic (exact) mass is 608 g/mol. The van der Waals surface area contributed by atoms with E-state index in [1.807, 2.05) is 6.07 Å². The number of nitrogens with one attached hydrogen (secondary N) is 1. The van der Waals surface area contributed by atoms with Gasteiger partial charge in [0.05, 0.1) is 5.91 Å². The van der Waals surface area contributed by atoms with Gasteiger partial charge in [-0.1, -0.05) is 127 Å². The fourth-order valence-corrected chi connectivity index (χ4v) is 4.50. The summed E-state index contributed by atoms with van der Waals surface area (Å²) in [6.45, 7) is 5.17. The topological polar surface area (TPSA) is 40.9 Å². The van der Waals surface area contributed by atoms with Crippen LogP contribution >= 0.6 is 17.0 Å². The molecule has 0 atom stereocenters. The molecule has 0 aromatic heterocycles. The summed E-state index contributed by atoms with van der Waals surface area (Å²) in [7, 11) is 10.1. The van der Waals surface area contributed by atoms with Gasteiger partial charge in [0.15, 0.2) is 0 Å². The van der Waals surface area contributed by atoms with Crippen molar-refractivity contribution >= 4 is 42.8 Å². The zero-order valence-electron chi connectivity index (χ0n) is 20.8. The minimum Gasteiger partial charge on any atom is -0.179 e. The predicted molar refractivity (Wildman–Crippen MR) is 153 cm³/mol. The Morgan fingerprint density at radius 2 is 1.25 bits per heavy atom. The van der Waals surface area contributed by atoms with Crippen LogP contribution < -0.4 is 10.4 Å². The van der Waals surface area contributed by atoms with Gasteiger partial charge in [0, 0.05) is 5.41 Å². The molecule has 0 fully saturated rings. The zero-order chi connectivity index (χ0) is 26.4. The number of fused-ring (bicyclic) bond motifs is 3. The van der Waals surface area contributed by atoms with Crippen LogP contribution in [0, 0.1) is 11.5 Å². The summed E-state index contributed by atoms with van der Waals surface area (Å²) in [4.78, 5) is 10.1. The Balaban J connectivity index is 0.000000188. The minimum absolute atomic E-state index is 0.271. The molecule has 6 heteroatoms. The van der Waals surface area contributed by atoms with E-state index in [1.165, 1.54) is 32.6 Å². The molecule has 0 heterocycles. The van der Waals surface area contributed by atoms with Gasteiger partial charge in [0.1, 0.15) is 9.52 Å². The summed E-state index contributed by atoms with van der Waals surface area (Å²) in [6.07, 6.45) is 1.05. The molecule has 0 saturated carbocycles. The number of carbonyl (C=O) groups is 1. The maximum atomic E-state index is 10.1. The number of carbonyl (C=O) groups excluding carboxylic acids is 1. The van der Waals surface area contributed by atoms with E-state index >= 15 is 0 Å². The van der Waals surface area contributed by atoms with Crippen LogP contribution in [0.4, 0.5) is 0 Å². The fourth-order valence-electron chi connectivity index (χ4n) is 3.29. The molecule has 0 saturated heterocycles. The Hall–Kier alpha value is -1.97. The molecule has 1 N–H and O–H groups in total. The van der Waals surface area contributed by atoms with Gasteiger partial charge in [-0.25, -0.2) is 0 Å². The first-order valence-electron chi connectivity index (χ1n) is 11.5. The molecular formula is C30H30Cl2NOSiZr. The van der Waals surface area contributed by atoms with Crippen LogP contribution in [0.25, 0.3) is 16.9 Å². The van der Waals surface area contributed by atoms with Gasteiger partial charge in [0.25, 0.3) is 0 Å². The molecule has 1 amide bonds. The van der Waals surface area contributed by atoms with E-state index in [9.17, 15) is 4.79 Å². The third-order valence-electron chi connectivity index (χ3n) is 5.23. The first-order valence-corrected chi connectivity index (χ1v) is 19.0. The molecule has 2 nitrogen and oxygen atoms in total. The molecule has 4 aromatic carbocycles. The number of benzene rings is 4. The van der Waals surface area contributed by atoms with Crippen LogP contribution in [-0.4, -0.2) is 15.4 Å². The molecule has 0 spiro atoms. The largest absolute Gasteiger partial charge is 0.179 e. The van der Waals surface area contributed by atoms with Crippen LogP contribution in [0.2, 0.25) is 0 Å². The summed E-state index contributed by atoms with van der Waals surface area (Å²) in [5.41, 5.74) is 11.6. The summed E-state index contributed by atoms with van der Waals surface area (Å²) < 4.78 is 0. The predicted octanol–water partition coefficient (Wildman–Crippen LogP) is 7.12. The first-order chi connectivity index (χ1) is 17.3. The van der Waals surface area contributed by atoms with E-state index in [4.69, 9.17) is 22.8 Å². The van der Waals surface area contributed by atoms with Crippen molar-refractivity contribution in [2.45, 2.75) is 27.2 Å². The van der Waals surface area contributed by atoms with Gasteiger partial charge in [-0.05, 0) is 6.42 Å². The Bertz CT molecular complexity index is 1120. The Morgan fingerprint density at radius 3 is 1.75 bits per heavy atom. The Labute approximate surface area is 236 Å². The van der Waals surface area contributed by atoms with Crippen molar-refractivity contribution in [3.05, 3.63) is 126 Å². The van der Waals surface area contributed by atoms with Gasteiger partial charge in [-0.3, -0.25) is 0 Å². The first kappa shape index (κ1) is 30.3. The summed E-state index contributed by atoms with van der Waals surface area (Å²) in [5.74, 6) is -0.507. The summed E-state index contributed by atoms with van der Waals surface area (Å²) >= 11 is -0.826. The molecular weight excluding hydrogens is 581 g/mol. The molecule has 0 unspecified atom stereocenters. The molecule has 183 valence electrons. The van der Waals surface area contributed by atoms with Gasteiger partial charge < -0.3 is 10.5 Å². The molecule has 4 aromatic rings. The maximum absolute atomic E-state index is 10.1. The summed E-state index contributed by atoms with van der Waals surface area (Å²) in [5, 5.41) is 2.90. The Kier molecular flexibility index (Phi) is 13.4. The number of hydrogen-bond acceptors (Lipinski definition) is 1. The van der Waals surface area contributed by atoms with Crippen molar-refractivity contribution < 1.29 is 25.6 Å². The SMILES string of the molecule is CC(C)(C)C([NH-])=O.[Cl][Zr+2][Cl].[c-]1cccc2c1Cc1ccccc1-2.c1ccc([SiH]c2ccccc2)cc1. The van der Waals surface area contributed by atoms with E-state index in [2.05, 4.69) is 103 Å². The molecule has 1 radical (unpaired) electrons. The van der Waals surface area contributed by atoms with Crippen LogP contribution in [0.15, 0.2) is 103 Å². The molecule has 1 aliphatic carbocycles. The second kappa shape index (κ2) is 16.0. The van der Waals surface area contributed by atoms with Crippen molar-refractivity contribution in [2.24, 2.45) is 5.41 Å². The quantitative estimate of drug-likeness (QED) is 0.155. The second-order valence-electron chi connectivity index (χ2n) is 9.01. The van der Waals surface area contributed by atoms with Gasteiger partial charge in [-0.15, -0.1) is 5.56 Å². The molecule has 0 aliphatic heterocycles. The van der Waals surface area contributed by atoms with Crippen LogP contribution in [0.1, 0.15) is 31.9 Å². The average molecular weight is 611 g/mol. The molecule has 0 bridgehead atoms. The van der Waals surface area contributed by atoms with Crippen LogP contribution in [0.5, 0.6) is 0 Å². The van der Waals surface area contributed by atoms with Crippen molar-refractivity contribution in [3.8, 4) is 11.1 Å². The van der Waals surface area contributed by atoms with Crippen LogP contribution in [-0.2, 0) is 32.1 Å². The third-order valence-corrected chi connectivity index (χ3v) is 6.67. The van der Waals surface area contributed by atoms with E-state index in [0.717, 1.165) is 6.42 Å². The number of amides is 1. The zero-order valence-corrected chi connectivity index (χ0v) is 25.9. The second-order valence-corrected chi connectivity index (χ2v) is 14.4. The standard InChI is InChI=1S/C13H9.C12H11Si.C5H11NO.2ClH.Zr/c1-3-7-12-10(5-1)9-11-6-2-4-8-13(11)12;1-3-7-11(8-4-1)13-12-9-5-2-6-10-12;1-5(2,3)4(6)7;;;/h1-5,7-8H,9H2;1-10,13H;1-3H3,(H2,6,7);2*1H;/q-1;;;;;+4/p-3. The number of rotatable bonds is 2.